The van der Waals surface area contributed by atoms with Crippen LogP contribution in [0.5, 0.6) is 0 Å². The van der Waals surface area contributed by atoms with Crippen LogP contribution in [0.4, 0.5) is 0 Å². The maximum Gasteiger partial charge on any atom is 0.122 e. The van der Waals surface area contributed by atoms with Gasteiger partial charge in [-0.1, -0.05) is 12.2 Å². The van der Waals surface area contributed by atoms with E-state index >= 15 is 0 Å². The van der Waals surface area contributed by atoms with Crippen LogP contribution in [0.1, 0.15) is 16.8 Å². The van der Waals surface area contributed by atoms with Crippen molar-refractivity contribution in [3.8, 4) is 17.2 Å². The van der Waals surface area contributed by atoms with Crippen molar-refractivity contribution in [2.75, 3.05) is 13.6 Å². The summed E-state index contributed by atoms with van der Waals surface area (Å²) in [6.07, 6.45) is 4.42. The summed E-state index contributed by atoms with van der Waals surface area (Å²) >= 11 is 5.35. The SMILES string of the molecule is CN1CCc2[nH]c(=S)c(C#N)c(-c3ccncc3)c2C1. The lowest BCUT2D eigenvalue weighted by Crippen LogP contribution is -2.28. The fraction of sp³-hybridized carbons (Fsp3) is 0.267. The van der Waals surface area contributed by atoms with Crippen LogP contribution in [0.15, 0.2) is 24.5 Å². The zero-order chi connectivity index (χ0) is 14.1. The van der Waals surface area contributed by atoms with Crippen LogP contribution >= 0.6 is 12.2 Å². The Kier molecular flexibility index (Phi) is 3.35. The Hall–Kier alpha value is -2.03. The van der Waals surface area contributed by atoms with E-state index in [1.807, 2.05) is 12.1 Å². The largest absolute Gasteiger partial charge is 0.349 e. The smallest absolute Gasteiger partial charge is 0.122 e. The Morgan fingerprint density at radius 1 is 1.40 bits per heavy atom. The Morgan fingerprint density at radius 2 is 2.15 bits per heavy atom. The van der Waals surface area contributed by atoms with Gasteiger partial charge >= 0.3 is 0 Å². The number of nitrogens with one attached hydrogen (secondary N) is 1. The first kappa shape index (κ1) is 13.0. The molecule has 0 saturated carbocycles. The van der Waals surface area contributed by atoms with Crippen molar-refractivity contribution in [3.05, 3.63) is 46.0 Å². The van der Waals surface area contributed by atoms with Crippen molar-refractivity contribution >= 4 is 12.2 Å². The number of aromatic amines is 1. The van der Waals surface area contributed by atoms with E-state index in [9.17, 15) is 5.26 Å². The van der Waals surface area contributed by atoms with Gasteiger partial charge < -0.3 is 9.88 Å². The highest BCUT2D eigenvalue weighted by Gasteiger charge is 2.21. The molecule has 3 rings (SSSR count). The van der Waals surface area contributed by atoms with Gasteiger partial charge in [0, 0.05) is 43.2 Å². The van der Waals surface area contributed by atoms with Crippen molar-refractivity contribution < 1.29 is 0 Å². The first-order valence-corrected chi connectivity index (χ1v) is 6.88. The molecule has 1 aliphatic heterocycles. The lowest BCUT2D eigenvalue weighted by Gasteiger charge is -2.27. The van der Waals surface area contributed by atoms with Gasteiger partial charge in [0.1, 0.15) is 10.7 Å². The number of aromatic nitrogens is 2. The number of nitrogens with zero attached hydrogens (tertiary/aromatic N) is 3. The second kappa shape index (κ2) is 5.16. The predicted octanol–water partition coefficient (Wildman–Crippen LogP) is 2.67. The molecule has 100 valence electrons. The van der Waals surface area contributed by atoms with Gasteiger partial charge in [-0.25, -0.2) is 0 Å². The number of hydrogen-bond donors (Lipinski definition) is 1. The number of nitriles is 1. The first-order chi connectivity index (χ1) is 9.70. The van der Waals surface area contributed by atoms with Crippen molar-refractivity contribution in [3.63, 3.8) is 0 Å². The molecule has 1 aliphatic rings. The normalized spacial score (nSPS) is 14.6. The number of fused-ring (bicyclic) bond motifs is 1. The molecule has 1 N–H and O–H groups in total. The van der Waals surface area contributed by atoms with E-state index < -0.39 is 0 Å². The van der Waals surface area contributed by atoms with Crippen molar-refractivity contribution in [2.24, 2.45) is 0 Å². The van der Waals surface area contributed by atoms with E-state index in [0.29, 0.717) is 10.2 Å². The summed E-state index contributed by atoms with van der Waals surface area (Å²) in [6, 6.07) is 6.11. The second-order valence-corrected chi connectivity index (χ2v) is 5.40. The zero-order valence-electron chi connectivity index (χ0n) is 11.2. The standard InChI is InChI=1S/C15H14N4S/c1-19-7-4-13-12(9-19)14(10-2-5-17-6-3-10)11(8-16)15(20)18-13/h2-3,5-6H,4,7,9H2,1H3,(H,18,20). The molecular weight excluding hydrogens is 268 g/mol. The van der Waals surface area contributed by atoms with Gasteiger partial charge in [0.2, 0.25) is 0 Å². The maximum absolute atomic E-state index is 9.46. The Morgan fingerprint density at radius 3 is 2.85 bits per heavy atom. The maximum atomic E-state index is 9.46. The van der Waals surface area contributed by atoms with Crippen LogP contribution in [0.2, 0.25) is 0 Å². The topological polar surface area (TPSA) is 55.7 Å². The molecular formula is C15H14N4S. The molecule has 0 spiro atoms. The van der Waals surface area contributed by atoms with E-state index in [4.69, 9.17) is 12.2 Å². The lowest BCUT2D eigenvalue weighted by atomic mass is 9.92. The van der Waals surface area contributed by atoms with E-state index in [2.05, 4.69) is 28.0 Å². The molecule has 0 fully saturated rings. The quantitative estimate of drug-likeness (QED) is 0.817. The minimum absolute atomic E-state index is 0.530. The highest BCUT2D eigenvalue weighted by Crippen LogP contribution is 2.32. The third-order valence-corrected chi connectivity index (χ3v) is 3.97. The molecule has 0 bridgehead atoms. The highest BCUT2D eigenvalue weighted by molar-refractivity contribution is 7.71. The van der Waals surface area contributed by atoms with E-state index in [-0.39, 0.29) is 0 Å². The zero-order valence-corrected chi connectivity index (χ0v) is 12.0. The van der Waals surface area contributed by atoms with Gasteiger partial charge in [0.25, 0.3) is 0 Å². The van der Waals surface area contributed by atoms with Crippen LogP contribution in [0, 0.1) is 16.0 Å². The summed E-state index contributed by atoms with van der Waals surface area (Å²) < 4.78 is 0.530. The molecule has 0 saturated heterocycles. The molecule has 3 heterocycles. The summed E-state index contributed by atoms with van der Waals surface area (Å²) in [5.74, 6) is 0. The lowest BCUT2D eigenvalue weighted by molar-refractivity contribution is 0.310. The van der Waals surface area contributed by atoms with Gasteiger partial charge in [0.05, 0.1) is 5.56 Å². The molecule has 0 unspecified atom stereocenters. The first-order valence-electron chi connectivity index (χ1n) is 6.47. The molecule has 20 heavy (non-hydrogen) atoms. The Balaban J connectivity index is 2.34. The van der Waals surface area contributed by atoms with Crippen LogP contribution in [-0.2, 0) is 13.0 Å². The van der Waals surface area contributed by atoms with E-state index in [1.54, 1.807) is 12.4 Å². The number of likely N-dealkylation sites (N-methyl/N-ethyl adjacent to an activating group) is 1. The summed E-state index contributed by atoms with van der Waals surface area (Å²) in [5, 5.41) is 9.46. The minimum atomic E-state index is 0.530. The monoisotopic (exact) mass is 282 g/mol. The molecule has 4 nitrogen and oxygen atoms in total. The van der Waals surface area contributed by atoms with Gasteiger partial charge in [-0.15, -0.1) is 0 Å². The summed E-state index contributed by atoms with van der Waals surface area (Å²) in [5.41, 5.74) is 4.85. The minimum Gasteiger partial charge on any atom is -0.349 e. The van der Waals surface area contributed by atoms with E-state index in [0.717, 1.165) is 36.3 Å². The van der Waals surface area contributed by atoms with Gasteiger partial charge in [0.15, 0.2) is 0 Å². The molecule has 2 aromatic heterocycles. The predicted molar refractivity (Wildman–Crippen MR) is 79.6 cm³/mol. The van der Waals surface area contributed by atoms with Gasteiger partial charge in [-0.3, -0.25) is 4.98 Å². The van der Waals surface area contributed by atoms with E-state index in [1.165, 1.54) is 5.56 Å². The molecule has 0 radical (unpaired) electrons. The summed E-state index contributed by atoms with van der Waals surface area (Å²) in [6.45, 7) is 1.83. The Labute approximate surface area is 122 Å². The van der Waals surface area contributed by atoms with Crippen LogP contribution < -0.4 is 0 Å². The molecule has 2 aromatic rings. The molecule has 0 aromatic carbocycles. The fourth-order valence-electron chi connectivity index (χ4n) is 2.67. The van der Waals surface area contributed by atoms with Crippen molar-refractivity contribution in [1.29, 1.82) is 5.26 Å². The van der Waals surface area contributed by atoms with Gasteiger partial charge in [-0.2, -0.15) is 5.26 Å². The van der Waals surface area contributed by atoms with Crippen LogP contribution in [-0.4, -0.2) is 28.5 Å². The number of H-pyrrole nitrogens is 1. The molecule has 0 aliphatic carbocycles. The molecule has 0 amide bonds. The average Bonchev–Trinajstić information content (AvgIpc) is 2.47. The van der Waals surface area contributed by atoms with Crippen molar-refractivity contribution in [1.82, 2.24) is 14.9 Å². The summed E-state index contributed by atoms with van der Waals surface area (Å²) in [4.78, 5) is 9.53. The Bertz CT molecular complexity index is 743. The van der Waals surface area contributed by atoms with Crippen LogP contribution in [0.3, 0.4) is 0 Å². The average molecular weight is 282 g/mol. The second-order valence-electron chi connectivity index (χ2n) is 5.00. The van der Waals surface area contributed by atoms with Crippen LogP contribution in [0.25, 0.3) is 11.1 Å². The fourth-order valence-corrected chi connectivity index (χ4v) is 2.94. The third-order valence-electron chi connectivity index (χ3n) is 3.66. The number of rotatable bonds is 1. The highest BCUT2D eigenvalue weighted by atomic mass is 32.1. The third kappa shape index (κ3) is 2.13. The molecule has 0 atom stereocenters. The number of hydrogen-bond acceptors (Lipinski definition) is 4. The number of pyridine rings is 2. The van der Waals surface area contributed by atoms with Crippen molar-refractivity contribution in [2.45, 2.75) is 13.0 Å². The molecule has 5 heteroatoms. The summed E-state index contributed by atoms with van der Waals surface area (Å²) in [7, 11) is 2.09. The van der Waals surface area contributed by atoms with Gasteiger partial charge in [-0.05, 0) is 30.3 Å².